The lowest BCUT2D eigenvalue weighted by Crippen LogP contribution is -2.37. The molecule has 0 aromatic carbocycles. The maximum atomic E-state index is 11.5. The van der Waals surface area contributed by atoms with E-state index in [4.69, 9.17) is 9.84 Å². The van der Waals surface area contributed by atoms with Crippen molar-refractivity contribution in [2.75, 3.05) is 0 Å². The molecule has 0 aromatic heterocycles. The number of carboxylic acids is 1. The van der Waals surface area contributed by atoms with Gasteiger partial charge in [0.15, 0.2) is 0 Å². The highest BCUT2D eigenvalue weighted by Gasteiger charge is 2.32. The normalized spacial score (nSPS) is 14.2. The van der Waals surface area contributed by atoms with Crippen LogP contribution in [0.3, 0.4) is 0 Å². The van der Waals surface area contributed by atoms with Gasteiger partial charge in [-0.15, -0.1) is 0 Å². The van der Waals surface area contributed by atoms with E-state index >= 15 is 0 Å². The van der Waals surface area contributed by atoms with Gasteiger partial charge in [0.1, 0.15) is 12.0 Å². The third-order valence-corrected chi connectivity index (χ3v) is 3.64. The number of carbonyl (C=O) groups is 2. The van der Waals surface area contributed by atoms with Crippen LogP contribution in [0.15, 0.2) is 0 Å². The first-order valence-corrected chi connectivity index (χ1v) is 7.25. The maximum Gasteiger partial charge on any atom is 0.317 e. The van der Waals surface area contributed by atoms with E-state index in [1.165, 1.54) is 19.3 Å². The van der Waals surface area contributed by atoms with Crippen LogP contribution in [0.2, 0.25) is 0 Å². The fourth-order valence-electron chi connectivity index (χ4n) is 1.96. The van der Waals surface area contributed by atoms with Crippen molar-refractivity contribution in [3.63, 3.8) is 0 Å². The summed E-state index contributed by atoms with van der Waals surface area (Å²) in [5, 5.41) is 8.59. The van der Waals surface area contributed by atoms with Crippen molar-refractivity contribution in [1.29, 1.82) is 0 Å². The molecule has 0 rings (SSSR count). The lowest BCUT2D eigenvalue weighted by Gasteiger charge is -2.33. The Kier molecular flexibility index (Phi) is 8.44. The Morgan fingerprint density at radius 2 is 1.74 bits per heavy atom. The van der Waals surface area contributed by atoms with Gasteiger partial charge in [-0.3, -0.25) is 9.59 Å². The molecule has 0 aliphatic heterocycles. The molecule has 0 spiro atoms. The van der Waals surface area contributed by atoms with E-state index in [0.717, 1.165) is 19.3 Å². The number of rotatable bonds is 10. The van der Waals surface area contributed by atoms with Gasteiger partial charge in [0.25, 0.3) is 0 Å². The molecule has 1 unspecified atom stereocenters. The number of aliphatic carboxylic acids is 1. The molecule has 1 N–H and O–H groups in total. The summed E-state index contributed by atoms with van der Waals surface area (Å²) >= 11 is 0. The summed E-state index contributed by atoms with van der Waals surface area (Å²) in [5.74, 6) is -1.60. The number of esters is 1. The zero-order valence-corrected chi connectivity index (χ0v) is 12.7. The second-order valence-corrected chi connectivity index (χ2v) is 5.68. The van der Waals surface area contributed by atoms with E-state index in [1.807, 2.05) is 20.8 Å². The van der Waals surface area contributed by atoms with Gasteiger partial charge in [0.05, 0.1) is 0 Å². The fraction of sp³-hybridized carbons (Fsp3) is 0.867. The average molecular weight is 272 g/mol. The molecule has 19 heavy (non-hydrogen) atoms. The first kappa shape index (κ1) is 17.9. The Morgan fingerprint density at radius 1 is 1.16 bits per heavy atom. The third kappa shape index (κ3) is 7.85. The molecular weight excluding hydrogens is 244 g/mol. The number of carboxylic acid groups (broad SMARTS) is 1. The van der Waals surface area contributed by atoms with Crippen molar-refractivity contribution < 1.29 is 19.4 Å². The third-order valence-electron chi connectivity index (χ3n) is 3.64. The first-order chi connectivity index (χ1) is 8.81. The van der Waals surface area contributed by atoms with Crippen LogP contribution in [0, 0.1) is 5.92 Å². The SMILES string of the molecule is CCCCCCCC(C)(OC(=O)CC(=O)O)C(C)C. The Hall–Kier alpha value is -1.06. The van der Waals surface area contributed by atoms with Gasteiger partial charge in [-0.2, -0.15) is 0 Å². The van der Waals surface area contributed by atoms with E-state index < -0.39 is 24.0 Å². The predicted molar refractivity (Wildman–Crippen MR) is 75.0 cm³/mol. The molecule has 0 amide bonds. The van der Waals surface area contributed by atoms with E-state index in [-0.39, 0.29) is 5.92 Å². The molecule has 4 heteroatoms. The monoisotopic (exact) mass is 272 g/mol. The molecule has 0 radical (unpaired) electrons. The Bertz CT molecular complexity index is 286. The highest BCUT2D eigenvalue weighted by Crippen LogP contribution is 2.28. The number of hydrogen-bond acceptors (Lipinski definition) is 3. The molecular formula is C15H28O4. The van der Waals surface area contributed by atoms with Gasteiger partial charge in [0, 0.05) is 0 Å². The highest BCUT2D eigenvalue weighted by molar-refractivity contribution is 5.90. The molecule has 0 bridgehead atoms. The smallest absolute Gasteiger partial charge is 0.317 e. The standard InChI is InChI=1S/C15H28O4/c1-5-6-7-8-9-10-15(4,12(2)3)19-14(18)11-13(16)17/h12H,5-11H2,1-4H3,(H,16,17). The number of hydrogen-bond donors (Lipinski definition) is 1. The molecule has 4 nitrogen and oxygen atoms in total. The molecule has 0 saturated heterocycles. The molecule has 0 heterocycles. The summed E-state index contributed by atoms with van der Waals surface area (Å²) < 4.78 is 5.40. The van der Waals surface area contributed by atoms with Crippen molar-refractivity contribution in [2.45, 2.75) is 78.2 Å². The number of carbonyl (C=O) groups excluding carboxylic acids is 1. The Balaban J connectivity index is 4.26. The number of unbranched alkanes of at least 4 members (excludes halogenated alkanes) is 4. The van der Waals surface area contributed by atoms with Crippen LogP contribution >= 0.6 is 0 Å². The quantitative estimate of drug-likeness (QED) is 0.373. The summed E-state index contributed by atoms with van der Waals surface area (Å²) in [6.45, 7) is 8.07. The van der Waals surface area contributed by atoms with Crippen molar-refractivity contribution in [3.05, 3.63) is 0 Å². The molecule has 0 saturated carbocycles. The van der Waals surface area contributed by atoms with Crippen LogP contribution in [-0.2, 0) is 14.3 Å². The van der Waals surface area contributed by atoms with Gasteiger partial charge in [-0.05, 0) is 25.7 Å². The molecule has 1 atom stereocenters. The van der Waals surface area contributed by atoms with Crippen LogP contribution in [0.25, 0.3) is 0 Å². The summed E-state index contributed by atoms with van der Waals surface area (Å²) in [5.41, 5.74) is -0.557. The Labute approximate surface area is 116 Å². The van der Waals surface area contributed by atoms with Crippen molar-refractivity contribution in [1.82, 2.24) is 0 Å². The number of ether oxygens (including phenoxy) is 1. The van der Waals surface area contributed by atoms with E-state index in [2.05, 4.69) is 6.92 Å². The molecule has 0 aliphatic carbocycles. The summed E-state index contributed by atoms with van der Waals surface area (Å²) in [4.78, 5) is 22.0. The maximum absolute atomic E-state index is 11.5. The second-order valence-electron chi connectivity index (χ2n) is 5.68. The minimum atomic E-state index is -1.14. The van der Waals surface area contributed by atoms with Gasteiger partial charge >= 0.3 is 11.9 Å². The molecule has 0 fully saturated rings. The van der Waals surface area contributed by atoms with Crippen LogP contribution in [-0.4, -0.2) is 22.6 Å². The molecule has 112 valence electrons. The van der Waals surface area contributed by atoms with Crippen LogP contribution in [0.4, 0.5) is 0 Å². The van der Waals surface area contributed by atoms with Crippen molar-refractivity contribution in [3.8, 4) is 0 Å². The highest BCUT2D eigenvalue weighted by atomic mass is 16.6. The minimum Gasteiger partial charge on any atom is -0.481 e. The van der Waals surface area contributed by atoms with Gasteiger partial charge in [0.2, 0.25) is 0 Å². The Morgan fingerprint density at radius 3 is 2.21 bits per heavy atom. The van der Waals surface area contributed by atoms with Gasteiger partial charge in [-0.1, -0.05) is 46.5 Å². The van der Waals surface area contributed by atoms with E-state index in [0.29, 0.717) is 0 Å². The lowest BCUT2D eigenvalue weighted by molar-refractivity contribution is -0.167. The summed E-state index contributed by atoms with van der Waals surface area (Å²) in [6.07, 6.45) is 6.01. The van der Waals surface area contributed by atoms with Crippen LogP contribution in [0.1, 0.15) is 72.6 Å². The average Bonchev–Trinajstić information content (AvgIpc) is 2.27. The van der Waals surface area contributed by atoms with Gasteiger partial charge in [-0.25, -0.2) is 0 Å². The topological polar surface area (TPSA) is 63.6 Å². The largest absolute Gasteiger partial charge is 0.481 e. The zero-order chi connectivity index (χ0) is 14.9. The first-order valence-electron chi connectivity index (χ1n) is 7.25. The zero-order valence-electron chi connectivity index (χ0n) is 12.7. The minimum absolute atomic E-state index is 0.177. The second kappa shape index (κ2) is 8.94. The summed E-state index contributed by atoms with van der Waals surface area (Å²) in [6, 6.07) is 0. The molecule has 0 aromatic rings. The van der Waals surface area contributed by atoms with E-state index in [1.54, 1.807) is 0 Å². The molecule has 0 aliphatic rings. The van der Waals surface area contributed by atoms with Crippen molar-refractivity contribution in [2.24, 2.45) is 5.92 Å². The van der Waals surface area contributed by atoms with Crippen LogP contribution in [0.5, 0.6) is 0 Å². The predicted octanol–water partition coefficient (Wildman–Crippen LogP) is 3.78. The van der Waals surface area contributed by atoms with Gasteiger partial charge < -0.3 is 9.84 Å². The lowest BCUT2D eigenvalue weighted by atomic mass is 9.86. The summed E-state index contributed by atoms with van der Waals surface area (Å²) in [7, 11) is 0. The van der Waals surface area contributed by atoms with Crippen molar-refractivity contribution >= 4 is 11.9 Å². The van der Waals surface area contributed by atoms with Crippen LogP contribution < -0.4 is 0 Å². The van der Waals surface area contributed by atoms with E-state index in [9.17, 15) is 9.59 Å². The fourth-order valence-corrected chi connectivity index (χ4v) is 1.96.